The fourth-order valence-electron chi connectivity index (χ4n) is 2.98. The van der Waals surface area contributed by atoms with Gasteiger partial charge in [-0.3, -0.25) is 14.9 Å². The maximum atomic E-state index is 12.5. The van der Waals surface area contributed by atoms with Gasteiger partial charge in [0.1, 0.15) is 18.8 Å². The summed E-state index contributed by atoms with van der Waals surface area (Å²) >= 11 is 0. The number of hydrogen-bond donors (Lipinski definition) is 4. The molecule has 168 valence electrons. The van der Waals surface area contributed by atoms with Crippen molar-refractivity contribution < 1.29 is 24.2 Å². The van der Waals surface area contributed by atoms with E-state index in [1.165, 1.54) is 0 Å². The lowest BCUT2D eigenvalue weighted by atomic mass is 10.0. The molecule has 0 radical (unpaired) electrons. The van der Waals surface area contributed by atoms with Gasteiger partial charge >= 0.3 is 11.9 Å². The summed E-state index contributed by atoms with van der Waals surface area (Å²) < 4.78 is 5.23. The Morgan fingerprint density at radius 2 is 1.67 bits per heavy atom. The average Bonchev–Trinajstić information content (AvgIpc) is 2.69. The number of hydrogen-bond acceptors (Lipinski definition) is 6. The van der Waals surface area contributed by atoms with Crippen LogP contribution in [0.3, 0.4) is 0 Å². The molecular formula is C22H35N3O5. The van der Waals surface area contributed by atoms with Crippen molar-refractivity contribution >= 4 is 17.8 Å². The second kappa shape index (κ2) is 13.0. The van der Waals surface area contributed by atoms with Crippen LogP contribution < -0.4 is 16.0 Å². The first kappa shape index (κ1) is 25.6. The van der Waals surface area contributed by atoms with Gasteiger partial charge < -0.3 is 20.5 Å². The van der Waals surface area contributed by atoms with E-state index >= 15 is 0 Å². The van der Waals surface area contributed by atoms with Crippen LogP contribution in [0.4, 0.5) is 0 Å². The summed E-state index contributed by atoms with van der Waals surface area (Å²) in [5.41, 5.74) is 0.860. The lowest BCUT2D eigenvalue weighted by molar-refractivity contribution is -0.152. The van der Waals surface area contributed by atoms with Gasteiger partial charge in [-0.1, -0.05) is 58.0 Å². The number of carbonyl (C=O) groups excluding carboxylic acids is 2. The van der Waals surface area contributed by atoms with Gasteiger partial charge in [-0.15, -0.1) is 0 Å². The lowest BCUT2D eigenvalue weighted by Crippen LogP contribution is -2.52. The number of carbonyl (C=O) groups is 3. The van der Waals surface area contributed by atoms with Crippen LogP contribution >= 0.6 is 0 Å². The van der Waals surface area contributed by atoms with Crippen LogP contribution in [0.15, 0.2) is 30.3 Å². The highest BCUT2D eigenvalue weighted by Gasteiger charge is 2.29. The van der Waals surface area contributed by atoms with Crippen LogP contribution in [0.5, 0.6) is 0 Å². The van der Waals surface area contributed by atoms with E-state index in [9.17, 15) is 19.5 Å². The third-order valence-corrected chi connectivity index (χ3v) is 4.72. The number of carboxylic acids is 1. The molecule has 3 unspecified atom stereocenters. The molecule has 1 aromatic carbocycles. The fraction of sp³-hybridized carbons (Fsp3) is 0.591. The first-order valence-electron chi connectivity index (χ1n) is 10.3. The first-order valence-corrected chi connectivity index (χ1v) is 10.3. The minimum absolute atomic E-state index is 0.183. The molecule has 1 aromatic rings. The molecule has 0 spiro atoms. The topological polar surface area (TPSA) is 117 Å². The molecule has 8 nitrogen and oxygen atoms in total. The highest BCUT2D eigenvalue weighted by atomic mass is 16.5. The fourth-order valence-corrected chi connectivity index (χ4v) is 2.98. The van der Waals surface area contributed by atoms with Crippen LogP contribution in [0, 0.1) is 11.8 Å². The van der Waals surface area contributed by atoms with Crippen molar-refractivity contribution in [2.75, 3.05) is 13.8 Å². The average molecular weight is 422 g/mol. The van der Waals surface area contributed by atoms with Gasteiger partial charge in [0.05, 0.1) is 6.04 Å². The molecule has 4 N–H and O–H groups in total. The molecular weight excluding hydrogens is 386 g/mol. The Bertz CT molecular complexity index is 679. The predicted molar refractivity (Wildman–Crippen MR) is 115 cm³/mol. The van der Waals surface area contributed by atoms with E-state index in [1.807, 2.05) is 58.0 Å². The molecule has 0 aromatic heterocycles. The summed E-state index contributed by atoms with van der Waals surface area (Å²) in [6.07, 6.45) is 0.903. The van der Waals surface area contributed by atoms with Crippen molar-refractivity contribution in [1.82, 2.24) is 16.0 Å². The molecule has 1 amide bonds. The van der Waals surface area contributed by atoms with Crippen molar-refractivity contribution in [2.45, 2.75) is 58.7 Å². The summed E-state index contributed by atoms with van der Waals surface area (Å²) in [6, 6.07) is 7.08. The molecule has 8 heteroatoms. The summed E-state index contributed by atoms with van der Waals surface area (Å²) in [5.74, 6) is -1.76. The van der Waals surface area contributed by atoms with Crippen LogP contribution in [0.1, 0.15) is 39.7 Å². The van der Waals surface area contributed by atoms with E-state index in [0.717, 1.165) is 5.56 Å². The van der Waals surface area contributed by atoms with Gasteiger partial charge in [0.15, 0.2) is 0 Å². The molecule has 0 bridgehead atoms. The largest absolute Gasteiger partial charge is 0.480 e. The summed E-state index contributed by atoms with van der Waals surface area (Å²) in [6.45, 7) is 7.40. The molecule has 0 saturated carbocycles. The van der Waals surface area contributed by atoms with Crippen molar-refractivity contribution in [1.29, 1.82) is 0 Å². The molecule has 0 aliphatic heterocycles. The second-order valence-electron chi connectivity index (χ2n) is 8.09. The Kier molecular flexibility index (Phi) is 11.1. The van der Waals surface area contributed by atoms with Crippen molar-refractivity contribution in [3.05, 3.63) is 35.9 Å². The summed E-state index contributed by atoms with van der Waals surface area (Å²) in [7, 11) is 1.71. The van der Waals surface area contributed by atoms with Gasteiger partial charge in [0.25, 0.3) is 0 Å². The number of amides is 1. The molecule has 0 fully saturated rings. The van der Waals surface area contributed by atoms with E-state index in [1.54, 1.807) is 7.05 Å². The third-order valence-electron chi connectivity index (χ3n) is 4.72. The zero-order chi connectivity index (χ0) is 22.7. The van der Waals surface area contributed by atoms with E-state index in [4.69, 9.17) is 4.74 Å². The van der Waals surface area contributed by atoms with E-state index in [-0.39, 0.29) is 25.0 Å². The number of rotatable bonds is 13. The Hall–Kier alpha value is -2.45. The van der Waals surface area contributed by atoms with E-state index < -0.39 is 30.1 Å². The number of carboxylic acid groups (broad SMARTS) is 1. The molecule has 0 saturated heterocycles. The molecule has 1 rings (SSSR count). The van der Waals surface area contributed by atoms with Gasteiger partial charge in [0.2, 0.25) is 5.91 Å². The van der Waals surface area contributed by atoms with E-state index in [0.29, 0.717) is 12.3 Å². The standard InChI is InChI=1S/C22H35N3O5/c1-14(2)11-17(23-5)20(26)25-19(15(3)4)22(29)30-13-24-18(21(27)28)12-16-9-7-6-8-10-16/h6-10,14-15,17-19,23-24H,11-13H2,1-5H3,(H,25,26)(H,27,28). The lowest BCUT2D eigenvalue weighted by Gasteiger charge is -2.25. The monoisotopic (exact) mass is 421 g/mol. The molecule has 3 atom stereocenters. The SMILES string of the molecule is CNC(CC(C)C)C(=O)NC(C(=O)OCNC(Cc1ccccc1)C(=O)O)C(C)C. The van der Waals surface area contributed by atoms with Crippen LogP contribution in [-0.2, 0) is 25.5 Å². The third kappa shape index (κ3) is 8.92. The number of likely N-dealkylation sites (N-methyl/N-ethyl adjacent to an activating group) is 1. The van der Waals surface area contributed by atoms with Crippen LogP contribution in [0.25, 0.3) is 0 Å². The zero-order valence-corrected chi connectivity index (χ0v) is 18.5. The molecule has 0 aliphatic rings. The smallest absolute Gasteiger partial charge is 0.330 e. The zero-order valence-electron chi connectivity index (χ0n) is 18.5. The maximum Gasteiger partial charge on any atom is 0.330 e. The number of ether oxygens (including phenoxy) is 1. The minimum atomic E-state index is -1.03. The van der Waals surface area contributed by atoms with Gasteiger partial charge in [0, 0.05) is 0 Å². The number of benzene rings is 1. The first-order chi connectivity index (χ1) is 14.1. The Morgan fingerprint density at radius 1 is 1.03 bits per heavy atom. The number of aliphatic carboxylic acids is 1. The minimum Gasteiger partial charge on any atom is -0.480 e. The Balaban J connectivity index is 2.63. The molecule has 0 aliphatic carbocycles. The maximum absolute atomic E-state index is 12.5. The van der Waals surface area contributed by atoms with Crippen molar-refractivity contribution in [2.24, 2.45) is 11.8 Å². The quantitative estimate of drug-likeness (QED) is 0.282. The van der Waals surface area contributed by atoms with E-state index in [2.05, 4.69) is 16.0 Å². The predicted octanol–water partition coefficient (Wildman–Crippen LogP) is 1.55. The molecule has 30 heavy (non-hydrogen) atoms. The highest BCUT2D eigenvalue weighted by molar-refractivity contribution is 5.87. The normalized spacial score (nSPS) is 14.2. The summed E-state index contributed by atoms with van der Waals surface area (Å²) in [4.78, 5) is 36.5. The van der Waals surface area contributed by atoms with Crippen molar-refractivity contribution in [3.8, 4) is 0 Å². The van der Waals surface area contributed by atoms with Gasteiger partial charge in [-0.05, 0) is 37.3 Å². The van der Waals surface area contributed by atoms with Gasteiger partial charge in [-0.25, -0.2) is 4.79 Å². The van der Waals surface area contributed by atoms with Gasteiger partial charge in [-0.2, -0.15) is 0 Å². The summed E-state index contributed by atoms with van der Waals surface area (Å²) in [5, 5.41) is 17.9. The molecule has 0 heterocycles. The van der Waals surface area contributed by atoms with Crippen LogP contribution in [-0.4, -0.2) is 54.9 Å². The van der Waals surface area contributed by atoms with Crippen molar-refractivity contribution in [3.63, 3.8) is 0 Å². The Morgan fingerprint density at radius 3 is 2.17 bits per heavy atom. The number of esters is 1. The number of nitrogens with one attached hydrogen (secondary N) is 3. The highest BCUT2D eigenvalue weighted by Crippen LogP contribution is 2.09. The Labute approximate surface area is 178 Å². The second-order valence-corrected chi connectivity index (χ2v) is 8.09. The van der Waals surface area contributed by atoms with Crippen LogP contribution in [0.2, 0.25) is 0 Å².